The third kappa shape index (κ3) is 3.89. The predicted octanol–water partition coefficient (Wildman–Crippen LogP) is 3.96. The summed E-state index contributed by atoms with van der Waals surface area (Å²) < 4.78 is 38.7. The molecule has 1 amide bonds. The van der Waals surface area contributed by atoms with E-state index in [1.54, 1.807) is 12.1 Å². The number of alkyl halides is 3. The zero-order valence-electron chi connectivity index (χ0n) is 15.3. The van der Waals surface area contributed by atoms with Crippen molar-refractivity contribution >= 4 is 23.1 Å². The molecule has 4 rings (SSSR count). The fourth-order valence-corrected chi connectivity index (χ4v) is 3.46. The molecule has 0 saturated heterocycles. The molecule has 0 saturated carbocycles. The average Bonchev–Trinajstić information content (AvgIpc) is 3.03. The van der Waals surface area contributed by atoms with Crippen molar-refractivity contribution in [2.45, 2.75) is 12.6 Å². The van der Waals surface area contributed by atoms with Gasteiger partial charge in [-0.1, -0.05) is 18.2 Å². The number of carbonyl (C=O) groups excluding carboxylic acids is 1. The van der Waals surface area contributed by atoms with Crippen LogP contribution >= 0.6 is 0 Å². The minimum atomic E-state index is -4.46. The summed E-state index contributed by atoms with van der Waals surface area (Å²) in [6.07, 6.45) is -2.63. The van der Waals surface area contributed by atoms with Crippen molar-refractivity contribution in [2.24, 2.45) is 0 Å². The molecule has 0 spiro atoms. The summed E-state index contributed by atoms with van der Waals surface area (Å²) in [7, 11) is 0. The number of halogens is 3. The van der Waals surface area contributed by atoms with Gasteiger partial charge in [-0.05, 0) is 24.3 Å². The molecule has 150 valence electrons. The van der Waals surface area contributed by atoms with Crippen LogP contribution in [0, 0.1) is 0 Å². The van der Waals surface area contributed by atoms with Gasteiger partial charge in [0.15, 0.2) is 0 Å². The lowest BCUT2D eigenvalue weighted by molar-refractivity contribution is -0.141. The number of fused-ring (bicyclic) bond motifs is 1. The molecule has 1 aliphatic heterocycles. The van der Waals surface area contributed by atoms with Gasteiger partial charge in [-0.3, -0.25) is 4.79 Å². The number of amides is 1. The first-order valence-electron chi connectivity index (χ1n) is 8.96. The van der Waals surface area contributed by atoms with E-state index in [1.807, 2.05) is 30.3 Å². The molecule has 9 heteroatoms. The molecule has 0 unspecified atom stereocenters. The Morgan fingerprint density at radius 1 is 1.21 bits per heavy atom. The number of aromatic nitrogens is 2. The van der Waals surface area contributed by atoms with Crippen LogP contribution in [0.5, 0.6) is 0 Å². The second kappa shape index (κ2) is 7.16. The van der Waals surface area contributed by atoms with Crippen LogP contribution in [0.2, 0.25) is 0 Å². The number of pyridine rings is 1. The van der Waals surface area contributed by atoms with Crippen molar-refractivity contribution < 1.29 is 18.0 Å². The number of nitrogen functional groups attached to an aromatic ring is 1. The Balaban J connectivity index is 1.82. The maximum Gasteiger partial charge on any atom is 0.406 e. The van der Waals surface area contributed by atoms with Crippen molar-refractivity contribution in [2.75, 3.05) is 24.1 Å². The average molecular weight is 401 g/mol. The number of hydrogen-bond acceptors (Lipinski definition) is 4. The number of nitrogens with one attached hydrogen (secondary N) is 2. The third-order valence-corrected chi connectivity index (χ3v) is 4.69. The maximum absolute atomic E-state index is 12.9. The van der Waals surface area contributed by atoms with Crippen molar-refractivity contribution in [1.82, 2.24) is 14.9 Å². The summed E-state index contributed by atoms with van der Waals surface area (Å²) in [4.78, 5) is 21.0. The Morgan fingerprint density at radius 3 is 2.66 bits per heavy atom. The Bertz CT molecular complexity index is 1050. The Hall–Kier alpha value is -3.49. The number of anilines is 3. The molecule has 6 nitrogen and oxygen atoms in total. The molecule has 1 aliphatic rings. The van der Waals surface area contributed by atoms with E-state index >= 15 is 0 Å². The van der Waals surface area contributed by atoms with Crippen LogP contribution in [-0.2, 0) is 6.42 Å². The van der Waals surface area contributed by atoms with Crippen LogP contribution in [0.1, 0.15) is 16.1 Å². The molecular formula is C20H18F3N5O. The lowest BCUT2D eigenvalue weighted by atomic mass is 10.0. The van der Waals surface area contributed by atoms with Crippen molar-refractivity contribution in [1.29, 1.82) is 0 Å². The maximum atomic E-state index is 12.9. The highest BCUT2D eigenvalue weighted by molar-refractivity contribution is 6.06. The third-order valence-electron chi connectivity index (χ3n) is 4.69. The number of para-hydroxylation sites is 1. The normalized spacial score (nSPS) is 14.0. The number of benzene rings is 1. The highest BCUT2D eigenvalue weighted by Gasteiger charge is 2.38. The molecule has 3 aromatic rings. The molecule has 4 N–H and O–H groups in total. The monoisotopic (exact) mass is 401 g/mol. The number of nitrogens with zero attached hydrogens (tertiary/aromatic N) is 2. The summed E-state index contributed by atoms with van der Waals surface area (Å²) >= 11 is 0. The second-order valence-electron chi connectivity index (χ2n) is 6.78. The molecule has 0 fully saturated rings. The molecule has 29 heavy (non-hydrogen) atoms. The summed E-state index contributed by atoms with van der Waals surface area (Å²) in [6, 6.07) is 12.5. The van der Waals surface area contributed by atoms with Gasteiger partial charge in [0.25, 0.3) is 5.91 Å². The van der Waals surface area contributed by atoms with Crippen LogP contribution in [0.4, 0.5) is 30.4 Å². The zero-order chi connectivity index (χ0) is 20.6. The van der Waals surface area contributed by atoms with E-state index in [4.69, 9.17) is 5.73 Å². The van der Waals surface area contributed by atoms with Gasteiger partial charge in [-0.15, -0.1) is 0 Å². The first kappa shape index (κ1) is 18.9. The van der Waals surface area contributed by atoms with E-state index in [1.165, 1.54) is 6.20 Å². The van der Waals surface area contributed by atoms with E-state index < -0.39 is 18.6 Å². The van der Waals surface area contributed by atoms with Crippen LogP contribution in [-0.4, -0.2) is 40.0 Å². The van der Waals surface area contributed by atoms with Crippen molar-refractivity contribution in [3.63, 3.8) is 0 Å². The number of H-pyrrole nitrogens is 1. The van der Waals surface area contributed by atoms with Gasteiger partial charge in [0.1, 0.15) is 12.4 Å². The highest BCUT2D eigenvalue weighted by Crippen LogP contribution is 2.38. The van der Waals surface area contributed by atoms with Gasteiger partial charge in [0, 0.05) is 36.1 Å². The minimum Gasteiger partial charge on any atom is -0.384 e. The predicted molar refractivity (Wildman–Crippen MR) is 104 cm³/mol. The van der Waals surface area contributed by atoms with Gasteiger partial charge < -0.3 is 20.9 Å². The summed E-state index contributed by atoms with van der Waals surface area (Å²) in [6.45, 7) is -1.28. The molecule has 0 bridgehead atoms. The quantitative estimate of drug-likeness (QED) is 0.618. The molecule has 0 aliphatic carbocycles. The first-order chi connectivity index (χ1) is 13.8. The fourth-order valence-electron chi connectivity index (χ4n) is 3.46. The minimum absolute atomic E-state index is 0.00540. The van der Waals surface area contributed by atoms with E-state index in [-0.39, 0.29) is 12.1 Å². The number of carbonyl (C=O) groups is 1. The highest BCUT2D eigenvalue weighted by atomic mass is 19.4. The standard InChI is InChI=1S/C20H18F3N5O/c21-20(22,23)11-28-9-7-14-16(19(28)29)18(26-13-4-2-1-3-5-13)17(27-14)12-6-8-25-15(24)10-12/h1-6,8,10,26-27H,7,9,11H2,(H2,24,25). The lowest BCUT2D eigenvalue weighted by Gasteiger charge is -2.28. The second-order valence-corrected chi connectivity index (χ2v) is 6.78. The van der Waals surface area contributed by atoms with E-state index in [0.717, 1.165) is 4.90 Å². The van der Waals surface area contributed by atoms with Gasteiger partial charge in [-0.25, -0.2) is 4.98 Å². The summed E-state index contributed by atoms with van der Waals surface area (Å²) in [5.41, 5.74) is 9.00. The van der Waals surface area contributed by atoms with Gasteiger partial charge in [0.05, 0.1) is 16.9 Å². The zero-order valence-corrected chi connectivity index (χ0v) is 15.3. The van der Waals surface area contributed by atoms with E-state index in [0.29, 0.717) is 40.6 Å². The van der Waals surface area contributed by atoms with Crippen LogP contribution in [0.25, 0.3) is 11.3 Å². The van der Waals surface area contributed by atoms with Crippen LogP contribution in [0.15, 0.2) is 48.7 Å². The Morgan fingerprint density at radius 2 is 1.97 bits per heavy atom. The van der Waals surface area contributed by atoms with Crippen LogP contribution < -0.4 is 11.1 Å². The van der Waals surface area contributed by atoms with Gasteiger partial charge >= 0.3 is 6.18 Å². The molecule has 0 radical (unpaired) electrons. The first-order valence-corrected chi connectivity index (χ1v) is 8.96. The summed E-state index contributed by atoms with van der Waals surface area (Å²) in [5, 5.41) is 3.19. The topological polar surface area (TPSA) is 87.0 Å². The van der Waals surface area contributed by atoms with Crippen molar-refractivity contribution in [3.05, 3.63) is 59.9 Å². The van der Waals surface area contributed by atoms with Gasteiger partial charge in [-0.2, -0.15) is 13.2 Å². The number of nitrogens with two attached hydrogens (primary N) is 1. The lowest BCUT2D eigenvalue weighted by Crippen LogP contribution is -2.43. The van der Waals surface area contributed by atoms with E-state index in [2.05, 4.69) is 15.3 Å². The molecule has 2 aromatic heterocycles. The van der Waals surface area contributed by atoms with Crippen molar-refractivity contribution in [3.8, 4) is 11.3 Å². The molecular weight excluding hydrogens is 383 g/mol. The smallest absolute Gasteiger partial charge is 0.384 e. The molecule has 3 heterocycles. The number of rotatable bonds is 4. The Labute approximate surface area is 164 Å². The largest absolute Gasteiger partial charge is 0.406 e. The van der Waals surface area contributed by atoms with E-state index in [9.17, 15) is 18.0 Å². The molecule has 0 atom stereocenters. The van der Waals surface area contributed by atoms with Crippen LogP contribution in [0.3, 0.4) is 0 Å². The molecule has 1 aromatic carbocycles. The number of aromatic amines is 1. The Kier molecular flexibility index (Phi) is 4.65. The van der Waals surface area contributed by atoms with Gasteiger partial charge in [0.2, 0.25) is 0 Å². The summed E-state index contributed by atoms with van der Waals surface area (Å²) in [5.74, 6) is -0.364. The number of hydrogen-bond donors (Lipinski definition) is 3. The fraction of sp³-hybridized carbons (Fsp3) is 0.200. The SMILES string of the molecule is Nc1cc(-c2[nH]c3c(c2Nc2ccccc2)C(=O)N(CC(F)(F)F)CC3)ccn1.